The van der Waals surface area contributed by atoms with Gasteiger partial charge in [0.05, 0.1) is 6.10 Å². The first-order valence-corrected chi connectivity index (χ1v) is 4.48. The fraction of sp³-hybridized carbons (Fsp3) is 0.455. The van der Waals surface area contributed by atoms with Crippen LogP contribution >= 0.6 is 0 Å². The largest absolute Gasteiger partial charge is 0.491 e. The number of benzene rings is 1. The van der Waals surface area contributed by atoms with E-state index in [1.807, 2.05) is 32.0 Å². The zero-order valence-electron chi connectivity index (χ0n) is 8.37. The molecule has 1 N–H and O–H groups in total. The van der Waals surface area contributed by atoms with Gasteiger partial charge >= 0.3 is 0 Å². The topological polar surface area (TPSA) is 29.5 Å². The minimum atomic E-state index is -0.417. The Balaban J connectivity index is 2.71. The summed E-state index contributed by atoms with van der Waals surface area (Å²) < 4.78 is 5.43. The Hall–Kier alpha value is -1.02. The van der Waals surface area contributed by atoms with Crippen LogP contribution in [0.2, 0.25) is 0 Å². The molecular weight excluding hydrogens is 164 g/mol. The van der Waals surface area contributed by atoms with Gasteiger partial charge in [-0.05, 0) is 38.0 Å². The van der Waals surface area contributed by atoms with Gasteiger partial charge in [0.2, 0.25) is 0 Å². The van der Waals surface area contributed by atoms with Crippen LogP contribution in [0, 0.1) is 13.8 Å². The first-order valence-electron chi connectivity index (χ1n) is 4.48. The SMILES string of the molecule is Cc1cccc(OCC(C)O)c1C. The number of rotatable bonds is 3. The van der Waals surface area contributed by atoms with Crippen molar-refractivity contribution in [3.05, 3.63) is 29.3 Å². The predicted octanol–water partition coefficient (Wildman–Crippen LogP) is 2.06. The van der Waals surface area contributed by atoms with E-state index in [2.05, 4.69) is 0 Å². The van der Waals surface area contributed by atoms with Gasteiger partial charge in [-0.1, -0.05) is 12.1 Å². The van der Waals surface area contributed by atoms with E-state index in [1.165, 1.54) is 5.56 Å². The number of aryl methyl sites for hydroxylation is 1. The van der Waals surface area contributed by atoms with Crippen LogP contribution in [0.15, 0.2) is 18.2 Å². The van der Waals surface area contributed by atoms with Gasteiger partial charge in [0.25, 0.3) is 0 Å². The molecule has 2 heteroatoms. The molecule has 0 spiro atoms. The van der Waals surface area contributed by atoms with Crippen LogP contribution < -0.4 is 4.74 Å². The molecule has 0 aliphatic heterocycles. The molecule has 1 atom stereocenters. The Morgan fingerprint density at radius 2 is 2.08 bits per heavy atom. The lowest BCUT2D eigenvalue weighted by atomic mass is 10.1. The standard InChI is InChI=1S/C11H16O2/c1-8-5-4-6-11(10(8)3)13-7-9(2)12/h4-6,9,12H,7H2,1-3H3. The van der Waals surface area contributed by atoms with Crippen LogP contribution in [0.1, 0.15) is 18.1 Å². The average molecular weight is 180 g/mol. The Kier molecular flexibility index (Phi) is 3.32. The van der Waals surface area contributed by atoms with Crippen molar-refractivity contribution in [3.8, 4) is 5.75 Å². The highest BCUT2D eigenvalue weighted by Crippen LogP contribution is 2.20. The van der Waals surface area contributed by atoms with Crippen molar-refractivity contribution in [2.75, 3.05) is 6.61 Å². The summed E-state index contributed by atoms with van der Waals surface area (Å²) in [5.41, 5.74) is 2.35. The number of aliphatic hydroxyl groups excluding tert-OH is 1. The van der Waals surface area contributed by atoms with Gasteiger partial charge in [0.1, 0.15) is 12.4 Å². The molecule has 1 aromatic rings. The third-order valence-corrected chi connectivity index (χ3v) is 2.03. The first kappa shape index (κ1) is 10.1. The lowest BCUT2D eigenvalue weighted by Gasteiger charge is -2.11. The summed E-state index contributed by atoms with van der Waals surface area (Å²) in [5.74, 6) is 0.862. The third-order valence-electron chi connectivity index (χ3n) is 2.03. The second-order valence-corrected chi connectivity index (χ2v) is 3.36. The van der Waals surface area contributed by atoms with E-state index in [4.69, 9.17) is 9.84 Å². The molecule has 0 saturated carbocycles. The van der Waals surface area contributed by atoms with Gasteiger partial charge in [-0.25, -0.2) is 0 Å². The lowest BCUT2D eigenvalue weighted by Crippen LogP contribution is -2.13. The van der Waals surface area contributed by atoms with E-state index in [-0.39, 0.29) is 0 Å². The molecule has 13 heavy (non-hydrogen) atoms. The zero-order chi connectivity index (χ0) is 9.84. The van der Waals surface area contributed by atoms with E-state index < -0.39 is 6.10 Å². The Morgan fingerprint density at radius 3 is 2.69 bits per heavy atom. The number of aliphatic hydroxyl groups is 1. The summed E-state index contributed by atoms with van der Waals surface area (Å²) in [6.07, 6.45) is -0.417. The minimum absolute atomic E-state index is 0.351. The van der Waals surface area contributed by atoms with E-state index in [0.717, 1.165) is 11.3 Å². The predicted molar refractivity (Wildman–Crippen MR) is 53.1 cm³/mol. The van der Waals surface area contributed by atoms with Gasteiger partial charge in [-0.2, -0.15) is 0 Å². The fourth-order valence-corrected chi connectivity index (χ4v) is 1.09. The Morgan fingerprint density at radius 1 is 1.38 bits per heavy atom. The van der Waals surface area contributed by atoms with Gasteiger partial charge in [0.15, 0.2) is 0 Å². The molecule has 0 aliphatic carbocycles. The molecule has 0 radical (unpaired) electrons. The summed E-state index contributed by atoms with van der Waals surface area (Å²) >= 11 is 0. The molecule has 1 rings (SSSR count). The van der Waals surface area contributed by atoms with Crippen molar-refractivity contribution in [2.24, 2.45) is 0 Å². The molecule has 0 saturated heterocycles. The molecule has 0 bridgehead atoms. The molecule has 1 aromatic carbocycles. The van der Waals surface area contributed by atoms with Crippen molar-refractivity contribution in [1.29, 1.82) is 0 Å². The van der Waals surface area contributed by atoms with Crippen LogP contribution in [-0.2, 0) is 0 Å². The average Bonchev–Trinajstić information content (AvgIpc) is 2.07. The second-order valence-electron chi connectivity index (χ2n) is 3.36. The molecular formula is C11H16O2. The fourth-order valence-electron chi connectivity index (χ4n) is 1.09. The molecule has 2 nitrogen and oxygen atoms in total. The molecule has 0 aliphatic rings. The Labute approximate surface area is 79.2 Å². The molecule has 0 heterocycles. The molecule has 1 unspecified atom stereocenters. The second kappa shape index (κ2) is 4.28. The van der Waals surface area contributed by atoms with Crippen LogP contribution in [0.25, 0.3) is 0 Å². The summed E-state index contributed by atoms with van der Waals surface area (Å²) in [7, 11) is 0. The minimum Gasteiger partial charge on any atom is -0.491 e. The van der Waals surface area contributed by atoms with Gasteiger partial charge in [-0.3, -0.25) is 0 Å². The summed E-state index contributed by atoms with van der Waals surface area (Å²) in [6.45, 7) is 6.13. The number of hydrogen-bond acceptors (Lipinski definition) is 2. The smallest absolute Gasteiger partial charge is 0.122 e. The maximum atomic E-state index is 9.05. The van der Waals surface area contributed by atoms with Crippen LogP contribution in [-0.4, -0.2) is 17.8 Å². The maximum absolute atomic E-state index is 9.05. The third kappa shape index (κ3) is 2.74. The zero-order valence-corrected chi connectivity index (χ0v) is 8.37. The molecule has 72 valence electrons. The highest BCUT2D eigenvalue weighted by atomic mass is 16.5. The van der Waals surface area contributed by atoms with E-state index in [1.54, 1.807) is 6.92 Å². The van der Waals surface area contributed by atoms with E-state index in [9.17, 15) is 0 Å². The van der Waals surface area contributed by atoms with Crippen molar-refractivity contribution in [1.82, 2.24) is 0 Å². The summed E-state index contributed by atoms with van der Waals surface area (Å²) in [4.78, 5) is 0. The van der Waals surface area contributed by atoms with Gasteiger partial charge in [-0.15, -0.1) is 0 Å². The normalized spacial score (nSPS) is 12.6. The number of ether oxygens (including phenoxy) is 1. The van der Waals surface area contributed by atoms with Gasteiger partial charge < -0.3 is 9.84 Å². The summed E-state index contributed by atoms with van der Waals surface area (Å²) in [5, 5.41) is 9.05. The molecule has 0 aromatic heterocycles. The van der Waals surface area contributed by atoms with Crippen molar-refractivity contribution in [3.63, 3.8) is 0 Å². The Bertz CT molecular complexity index is 279. The molecule has 0 fully saturated rings. The maximum Gasteiger partial charge on any atom is 0.122 e. The monoisotopic (exact) mass is 180 g/mol. The van der Waals surface area contributed by atoms with Crippen molar-refractivity contribution >= 4 is 0 Å². The first-order chi connectivity index (χ1) is 6.11. The van der Waals surface area contributed by atoms with E-state index in [0.29, 0.717) is 6.61 Å². The molecule has 0 amide bonds. The van der Waals surface area contributed by atoms with Crippen molar-refractivity contribution in [2.45, 2.75) is 26.9 Å². The van der Waals surface area contributed by atoms with E-state index >= 15 is 0 Å². The quantitative estimate of drug-likeness (QED) is 0.771. The highest BCUT2D eigenvalue weighted by molar-refractivity contribution is 5.38. The number of hydrogen-bond donors (Lipinski definition) is 1. The lowest BCUT2D eigenvalue weighted by molar-refractivity contribution is 0.122. The van der Waals surface area contributed by atoms with Crippen molar-refractivity contribution < 1.29 is 9.84 Å². The highest BCUT2D eigenvalue weighted by Gasteiger charge is 2.02. The summed E-state index contributed by atoms with van der Waals surface area (Å²) in [6, 6.07) is 5.93. The van der Waals surface area contributed by atoms with Crippen LogP contribution in [0.4, 0.5) is 0 Å². The van der Waals surface area contributed by atoms with Gasteiger partial charge in [0, 0.05) is 0 Å². The van der Waals surface area contributed by atoms with Crippen LogP contribution in [0.5, 0.6) is 5.75 Å². The van der Waals surface area contributed by atoms with Crippen LogP contribution in [0.3, 0.4) is 0 Å².